The molecule has 1 aliphatic heterocycles. The van der Waals surface area contributed by atoms with Crippen molar-refractivity contribution in [2.45, 2.75) is 66.4 Å². The van der Waals surface area contributed by atoms with E-state index in [0.29, 0.717) is 18.4 Å². The second kappa shape index (κ2) is 6.83. The van der Waals surface area contributed by atoms with Crippen molar-refractivity contribution in [3.63, 3.8) is 0 Å². The zero-order chi connectivity index (χ0) is 13.7. The van der Waals surface area contributed by atoms with Crippen LogP contribution in [-0.4, -0.2) is 16.6 Å². The summed E-state index contributed by atoms with van der Waals surface area (Å²) < 4.78 is 5.51. The molecule has 18 heavy (non-hydrogen) atoms. The minimum Gasteiger partial charge on any atom is -0.376 e. The lowest BCUT2D eigenvalue weighted by Crippen LogP contribution is -2.18. The lowest BCUT2D eigenvalue weighted by Gasteiger charge is -2.22. The molecule has 0 fully saturated rings. The van der Waals surface area contributed by atoms with Gasteiger partial charge >= 0.3 is 0 Å². The molecular weight excluding hydrogens is 224 g/mol. The van der Waals surface area contributed by atoms with Crippen LogP contribution in [0.15, 0.2) is 0 Å². The SMILES string of the molecule is CC.CC(C)c1nc2c(c(C(C)C)n1)COCC2. The number of rotatable bonds is 2. The standard InChI is InChI=1S/C13H20N2O.C2H6/c1-8(2)12-10-7-16-6-5-11(10)14-13(15-12)9(3)4;1-2/h8-9H,5-7H2,1-4H3;1-2H3. The van der Waals surface area contributed by atoms with Crippen LogP contribution >= 0.6 is 0 Å². The smallest absolute Gasteiger partial charge is 0.131 e. The summed E-state index contributed by atoms with van der Waals surface area (Å²) in [6, 6.07) is 0. The maximum atomic E-state index is 5.51. The van der Waals surface area contributed by atoms with Crippen molar-refractivity contribution in [3.05, 3.63) is 22.8 Å². The molecule has 1 aromatic heterocycles. The Bertz CT molecular complexity index is 386. The van der Waals surface area contributed by atoms with Gasteiger partial charge in [0, 0.05) is 17.9 Å². The van der Waals surface area contributed by atoms with Gasteiger partial charge in [-0.2, -0.15) is 0 Å². The molecule has 0 bridgehead atoms. The Morgan fingerprint density at radius 2 is 1.67 bits per heavy atom. The van der Waals surface area contributed by atoms with E-state index in [0.717, 1.165) is 18.9 Å². The van der Waals surface area contributed by atoms with E-state index < -0.39 is 0 Å². The van der Waals surface area contributed by atoms with E-state index in [-0.39, 0.29) is 0 Å². The fourth-order valence-corrected chi connectivity index (χ4v) is 2.01. The quantitative estimate of drug-likeness (QED) is 0.800. The van der Waals surface area contributed by atoms with E-state index in [2.05, 4.69) is 32.7 Å². The van der Waals surface area contributed by atoms with E-state index in [1.54, 1.807) is 0 Å². The van der Waals surface area contributed by atoms with Gasteiger partial charge in [-0.1, -0.05) is 41.5 Å². The van der Waals surface area contributed by atoms with Crippen LogP contribution in [0.4, 0.5) is 0 Å². The van der Waals surface area contributed by atoms with Crippen LogP contribution in [0.25, 0.3) is 0 Å². The zero-order valence-electron chi connectivity index (χ0n) is 12.6. The molecule has 102 valence electrons. The van der Waals surface area contributed by atoms with E-state index in [1.807, 2.05) is 13.8 Å². The fourth-order valence-electron chi connectivity index (χ4n) is 2.01. The van der Waals surface area contributed by atoms with Crippen molar-refractivity contribution in [2.24, 2.45) is 0 Å². The van der Waals surface area contributed by atoms with Crippen molar-refractivity contribution >= 4 is 0 Å². The number of hydrogen-bond donors (Lipinski definition) is 0. The largest absolute Gasteiger partial charge is 0.376 e. The molecule has 1 aromatic rings. The zero-order valence-corrected chi connectivity index (χ0v) is 12.6. The van der Waals surface area contributed by atoms with Crippen LogP contribution in [0.5, 0.6) is 0 Å². The van der Waals surface area contributed by atoms with Gasteiger partial charge in [-0.05, 0) is 5.92 Å². The van der Waals surface area contributed by atoms with Gasteiger partial charge in [0.15, 0.2) is 0 Å². The summed E-state index contributed by atoms with van der Waals surface area (Å²) in [5.41, 5.74) is 3.60. The molecule has 3 heteroatoms. The van der Waals surface area contributed by atoms with Crippen LogP contribution in [-0.2, 0) is 17.8 Å². The van der Waals surface area contributed by atoms with E-state index in [1.165, 1.54) is 17.0 Å². The Labute approximate surface area is 111 Å². The topological polar surface area (TPSA) is 35.0 Å². The predicted octanol–water partition coefficient (Wildman–Crippen LogP) is 3.82. The molecule has 0 aliphatic carbocycles. The van der Waals surface area contributed by atoms with E-state index in [9.17, 15) is 0 Å². The first-order chi connectivity index (χ1) is 8.59. The van der Waals surface area contributed by atoms with Gasteiger partial charge < -0.3 is 4.74 Å². The monoisotopic (exact) mass is 250 g/mol. The Kier molecular flexibility index (Phi) is 5.73. The molecule has 0 radical (unpaired) electrons. The molecule has 0 unspecified atom stereocenters. The van der Waals surface area contributed by atoms with Gasteiger partial charge in [0.05, 0.1) is 24.6 Å². The average molecular weight is 250 g/mol. The summed E-state index contributed by atoms with van der Waals surface area (Å²) >= 11 is 0. The Hall–Kier alpha value is -0.960. The van der Waals surface area contributed by atoms with E-state index in [4.69, 9.17) is 9.72 Å². The van der Waals surface area contributed by atoms with Crippen LogP contribution in [0.3, 0.4) is 0 Å². The maximum absolute atomic E-state index is 5.51. The molecule has 1 aliphatic rings. The third-order valence-electron chi connectivity index (χ3n) is 2.93. The molecule has 2 heterocycles. The molecular formula is C15H26N2O. The summed E-state index contributed by atoms with van der Waals surface area (Å²) in [6.07, 6.45) is 0.928. The fraction of sp³-hybridized carbons (Fsp3) is 0.733. The lowest BCUT2D eigenvalue weighted by atomic mass is 9.99. The van der Waals surface area contributed by atoms with Crippen LogP contribution in [0.2, 0.25) is 0 Å². The van der Waals surface area contributed by atoms with Crippen LogP contribution in [0.1, 0.15) is 76.2 Å². The molecule has 3 nitrogen and oxygen atoms in total. The second-order valence-corrected chi connectivity index (χ2v) is 5.00. The third-order valence-corrected chi connectivity index (χ3v) is 2.93. The number of aromatic nitrogens is 2. The highest BCUT2D eigenvalue weighted by Gasteiger charge is 2.20. The predicted molar refractivity (Wildman–Crippen MR) is 74.9 cm³/mol. The van der Waals surface area contributed by atoms with Crippen LogP contribution < -0.4 is 0 Å². The normalized spacial score (nSPS) is 14.2. The van der Waals surface area contributed by atoms with Gasteiger partial charge in [-0.3, -0.25) is 0 Å². The van der Waals surface area contributed by atoms with Gasteiger partial charge in [0.2, 0.25) is 0 Å². The summed E-state index contributed by atoms with van der Waals surface area (Å²) in [6.45, 7) is 14.1. The Morgan fingerprint density at radius 3 is 2.22 bits per heavy atom. The number of hydrogen-bond acceptors (Lipinski definition) is 3. The molecule has 0 amide bonds. The van der Waals surface area contributed by atoms with Crippen molar-refractivity contribution in [2.75, 3.05) is 6.61 Å². The first-order valence-corrected chi connectivity index (χ1v) is 7.07. The van der Waals surface area contributed by atoms with Crippen LogP contribution in [0, 0.1) is 0 Å². The Balaban J connectivity index is 0.000000771. The van der Waals surface area contributed by atoms with Gasteiger partial charge in [-0.25, -0.2) is 9.97 Å². The van der Waals surface area contributed by atoms with Crippen molar-refractivity contribution < 1.29 is 4.74 Å². The molecule has 0 saturated carbocycles. The molecule has 0 spiro atoms. The first kappa shape index (κ1) is 15.1. The molecule has 0 aromatic carbocycles. The molecule has 2 rings (SSSR count). The first-order valence-electron chi connectivity index (χ1n) is 7.07. The number of ether oxygens (including phenoxy) is 1. The minimum atomic E-state index is 0.394. The van der Waals surface area contributed by atoms with Gasteiger partial charge in [-0.15, -0.1) is 0 Å². The summed E-state index contributed by atoms with van der Waals surface area (Å²) in [5.74, 6) is 1.81. The highest BCUT2D eigenvalue weighted by molar-refractivity contribution is 5.29. The number of fused-ring (bicyclic) bond motifs is 1. The van der Waals surface area contributed by atoms with Gasteiger partial charge in [0.25, 0.3) is 0 Å². The third kappa shape index (κ3) is 3.29. The van der Waals surface area contributed by atoms with Crippen molar-refractivity contribution in [1.82, 2.24) is 9.97 Å². The van der Waals surface area contributed by atoms with Gasteiger partial charge in [0.1, 0.15) is 5.82 Å². The van der Waals surface area contributed by atoms with Crippen molar-refractivity contribution in [1.29, 1.82) is 0 Å². The molecule has 0 atom stereocenters. The minimum absolute atomic E-state index is 0.394. The summed E-state index contributed by atoms with van der Waals surface area (Å²) in [4.78, 5) is 9.36. The summed E-state index contributed by atoms with van der Waals surface area (Å²) in [7, 11) is 0. The Morgan fingerprint density at radius 1 is 1.00 bits per heavy atom. The summed E-state index contributed by atoms with van der Waals surface area (Å²) in [5, 5.41) is 0. The second-order valence-electron chi connectivity index (χ2n) is 5.00. The highest BCUT2D eigenvalue weighted by Crippen LogP contribution is 2.25. The maximum Gasteiger partial charge on any atom is 0.131 e. The average Bonchev–Trinajstić information content (AvgIpc) is 2.39. The highest BCUT2D eigenvalue weighted by atomic mass is 16.5. The number of nitrogens with zero attached hydrogens (tertiary/aromatic N) is 2. The van der Waals surface area contributed by atoms with E-state index >= 15 is 0 Å². The molecule has 0 saturated heterocycles. The molecule has 0 N–H and O–H groups in total. The van der Waals surface area contributed by atoms with Crippen molar-refractivity contribution in [3.8, 4) is 0 Å². The lowest BCUT2D eigenvalue weighted by molar-refractivity contribution is 0.107.